The average molecular weight is 195 g/mol. The maximum Gasteiger partial charge on any atom is 0.422 e. The molecule has 5 heteroatoms. The fourth-order valence-electron chi connectivity index (χ4n) is 0.844. The third-order valence-corrected chi connectivity index (χ3v) is 1.54. The van der Waals surface area contributed by atoms with Gasteiger partial charge in [0.1, 0.15) is 5.75 Å². The summed E-state index contributed by atoms with van der Waals surface area (Å²) in [6.45, 7) is 0.382. The normalized spacial score (nSPS) is 9.50. The summed E-state index contributed by atoms with van der Waals surface area (Å²) in [7, 11) is 0. The minimum atomic E-state index is -1.62. The van der Waals surface area contributed by atoms with Crippen LogP contribution in [0.4, 0.5) is 0 Å². The van der Waals surface area contributed by atoms with Gasteiger partial charge >= 0.3 is 11.9 Å². The van der Waals surface area contributed by atoms with Crippen LogP contribution in [0.15, 0.2) is 24.3 Å². The monoisotopic (exact) mass is 195 g/mol. The molecular weight excluding hydrogens is 186 g/mol. The van der Waals surface area contributed by atoms with Gasteiger partial charge in [0.25, 0.3) is 0 Å². The lowest BCUT2D eigenvalue weighted by Gasteiger charge is -2.01. The molecule has 0 heterocycles. The van der Waals surface area contributed by atoms with Gasteiger partial charge in [0.15, 0.2) is 0 Å². The van der Waals surface area contributed by atoms with Crippen LogP contribution >= 0.6 is 0 Å². The highest BCUT2D eigenvalue weighted by Gasteiger charge is 2.13. The second-order valence-corrected chi connectivity index (χ2v) is 2.54. The van der Waals surface area contributed by atoms with Gasteiger partial charge in [0, 0.05) is 6.54 Å². The lowest BCUT2D eigenvalue weighted by molar-refractivity contribution is -0.158. The van der Waals surface area contributed by atoms with E-state index in [1.54, 1.807) is 12.1 Å². The van der Waals surface area contributed by atoms with Gasteiger partial charge in [-0.1, -0.05) is 12.1 Å². The molecule has 0 spiro atoms. The Kier molecular flexibility index (Phi) is 3.19. The van der Waals surface area contributed by atoms with E-state index >= 15 is 0 Å². The summed E-state index contributed by atoms with van der Waals surface area (Å²) in [4.78, 5) is 20.8. The van der Waals surface area contributed by atoms with E-state index < -0.39 is 11.9 Å². The standard InChI is InChI=1S/C9H9NO4/c10-5-6-1-3-7(4-2-6)14-9(13)8(11)12/h1-4H,5,10H2,(H,11,12). The van der Waals surface area contributed by atoms with Crippen molar-refractivity contribution < 1.29 is 19.4 Å². The van der Waals surface area contributed by atoms with Crippen LogP contribution in [0.2, 0.25) is 0 Å². The number of hydrogen-bond acceptors (Lipinski definition) is 4. The third kappa shape index (κ3) is 2.56. The van der Waals surface area contributed by atoms with Crippen LogP contribution in [0, 0.1) is 0 Å². The van der Waals surface area contributed by atoms with Crippen molar-refractivity contribution in [3.8, 4) is 5.75 Å². The van der Waals surface area contributed by atoms with Gasteiger partial charge in [0.2, 0.25) is 0 Å². The van der Waals surface area contributed by atoms with Crippen molar-refractivity contribution in [3.63, 3.8) is 0 Å². The molecule has 0 atom stereocenters. The molecule has 0 saturated carbocycles. The number of benzene rings is 1. The number of carbonyl (C=O) groups is 2. The van der Waals surface area contributed by atoms with Crippen molar-refractivity contribution in [1.82, 2.24) is 0 Å². The molecule has 14 heavy (non-hydrogen) atoms. The number of rotatable bonds is 2. The minimum absolute atomic E-state index is 0.189. The van der Waals surface area contributed by atoms with Crippen LogP contribution in [0.25, 0.3) is 0 Å². The van der Waals surface area contributed by atoms with Crippen LogP contribution in [0.5, 0.6) is 5.75 Å². The summed E-state index contributed by atoms with van der Waals surface area (Å²) in [5, 5.41) is 8.25. The number of esters is 1. The lowest BCUT2D eigenvalue weighted by Crippen LogP contribution is -2.19. The van der Waals surface area contributed by atoms with Crippen molar-refractivity contribution >= 4 is 11.9 Å². The molecule has 0 fully saturated rings. The molecule has 1 rings (SSSR count). The minimum Gasteiger partial charge on any atom is -0.473 e. The predicted octanol–water partition coefficient (Wildman–Crippen LogP) is 0.135. The van der Waals surface area contributed by atoms with E-state index in [4.69, 9.17) is 10.8 Å². The van der Waals surface area contributed by atoms with Gasteiger partial charge < -0.3 is 15.6 Å². The third-order valence-electron chi connectivity index (χ3n) is 1.54. The summed E-state index contributed by atoms with van der Waals surface area (Å²) >= 11 is 0. The molecule has 0 amide bonds. The first kappa shape index (κ1) is 10.2. The molecule has 0 aliphatic carbocycles. The quantitative estimate of drug-likeness (QED) is 0.398. The van der Waals surface area contributed by atoms with Crippen LogP contribution in [0.1, 0.15) is 5.56 Å². The Morgan fingerprint density at radius 1 is 1.29 bits per heavy atom. The molecule has 0 radical (unpaired) electrons. The Labute approximate surface area is 80.1 Å². The molecule has 1 aromatic rings. The Bertz CT molecular complexity index is 344. The molecule has 0 bridgehead atoms. The molecule has 3 N–H and O–H groups in total. The van der Waals surface area contributed by atoms with E-state index in [0.29, 0.717) is 6.54 Å². The summed E-state index contributed by atoms with van der Waals surface area (Å²) in [5.74, 6) is -2.73. The smallest absolute Gasteiger partial charge is 0.422 e. The molecular formula is C9H9NO4. The summed E-state index contributed by atoms with van der Waals surface area (Å²) in [6, 6.07) is 6.29. The zero-order valence-electron chi connectivity index (χ0n) is 7.27. The Morgan fingerprint density at radius 2 is 1.86 bits per heavy atom. The fraction of sp³-hybridized carbons (Fsp3) is 0.111. The number of hydrogen-bond donors (Lipinski definition) is 2. The first-order valence-electron chi connectivity index (χ1n) is 3.87. The number of nitrogens with two attached hydrogens (primary N) is 1. The Balaban J connectivity index is 2.69. The van der Waals surface area contributed by atoms with Crippen LogP contribution in [0.3, 0.4) is 0 Å². The summed E-state index contributed by atoms with van der Waals surface area (Å²) in [6.07, 6.45) is 0. The van der Waals surface area contributed by atoms with E-state index in [1.807, 2.05) is 0 Å². The highest BCUT2D eigenvalue weighted by Crippen LogP contribution is 2.11. The van der Waals surface area contributed by atoms with Crippen LogP contribution < -0.4 is 10.5 Å². The molecule has 0 aliphatic rings. The van der Waals surface area contributed by atoms with Gasteiger partial charge in [-0.15, -0.1) is 0 Å². The fourth-order valence-corrected chi connectivity index (χ4v) is 0.844. The van der Waals surface area contributed by atoms with Crippen molar-refractivity contribution in [2.75, 3.05) is 0 Å². The summed E-state index contributed by atoms with van der Waals surface area (Å²) < 4.78 is 4.50. The largest absolute Gasteiger partial charge is 0.473 e. The molecule has 0 aliphatic heterocycles. The molecule has 0 saturated heterocycles. The number of carboxylic acid groups (broad SMARTS) is 1. The van der Waals surface area contributed by atoms with Crippen LogP contribution in [-0.4, -0.2) is 17.0 Å². The van der Waals surface area contributed by atoms with Crippen molar-refractivity contribution in [2.45, 2.75) is 6.54 Å². The highest BCUT2D eigenvalue weighted by atomic mass is 16.6. The van der Waals surface area contributed by atoms with Crippen molar-refractivity contribution in [1.29, 1.82) is 0 Å². The lowest BCUT2D eigenvalue weighted by atomic mass is 10.2. The molecule has 74 valence electrons. The maximum absolute atomic E-state index is 10.6. The van der Waals surface area contributed by atoms with E-state index in [0.717, 1.165) is 5.56 Å². The van der Waals surface area contributed by atoms with Gasteiger partial charge in [-0.2, -0.15) is 0 Å². The number of carboxylic acids is 1. The van der Waals surface area contributed by atoms with Gasteiger partial charge in [-0.3, -0.25) is 0 Å². The van der Waals surface area contributed by atoms with Gasteiger partial charge in [0.05, 0.1) is 0 Å². The zero-order valence-corrected chi connectivity index (χ0v) is 7.27. The number of aliphatic carboxylic acids is 1. The van der Waals surface area contributed by atoms with Gasteiger partial charge in [-0.25, -0.2) is 9.59 Å². The summed E-state index contributed by atoms with van der Waals surface area (Å²) in [5.41, 5.74) is 6.22. The molecule has 0 aromatic heterocycles. The first-order valence-corrected chi connectivity index (χ1v) is 3.87. The predicted molar refractivity (Wildman–Crippen MR) is 47.6 cm³/mol. The Morgan fingerprint density at radius 3 is 2.29 bits per heavy atom. The van der Waals surface area contributed by atoms with Crippen LogP contribution in [-0.2, 0) is 16.1 Å². The molecule has 5 nitrogen and oxygen atoms in total. The topological polar surface area (TPSA) is 89.6 Å². The van der Waals surface area contributed by atoms with Gasteiger partial charge in [-0.05, 0) is 17.7 Å². The zero-order chi connectivity index (χ0) is 10.6. The SMILES string of the molecule is NCc1ccc(OC(=O)C(=O)O)cc1. The first-order chi connectivity index (χ1) is 6.63. The van der Waals surface area contributed by atoms with Crippen molar-refractivity contribution in [2.24, 2.45) is 5.73 Å². The molecule has 0 unspecified atom stereocenters. The number of carbonyl (C=O) groups excluding carboxylic acids is 1. The van der Waals surface area contributed by atoms with E-state index in [2.05, 4.69) is 4.74 Å². The van der Waals surface area contributed by atoms with Crippen molar-refractivity contribution in [3.05, 3.63) is 29.8 Å². The van der Waals surface area contributed by atoms with E-state index in [9.17, 15) is 9.59 Å². The second kappa shape index (κ2) is 4.38. The second-order valence-electron chi connectivity index (χ2n) is 2.54. The number of ether oxygens (including phenoxy) is 1. The maximum atomic E-state index is 10.6. The van der Waals surface area contributed by atoms with E-state index in [-0.39, 0.29) is 5.75 Å². The highest BCUT2D eigenvalue weighted by molar-refractivity contribution is 6.29. The van der Waals surface area contributed by atoms with E-state index in [1.165, 1.54) is 12.1 Å². The Hall–Kier alpha value is -1.88. The average Bonchev–Trinajstić information content (AvgIpc) is 2.19. The molecule has 1 aromatic carbocycles.